The minimum absolute atomic E-state index is 0.0161. The molecule has 3 N–H and O–H groups in total. The van der Waals surface area contributed by atoms with E-state index in [1.165, 1.54) is 28.6 Å². The van der Waals surface area contributed by atoms with E-state index in [0.717, 1.165) is 23.1 Å². The topological polar surface area (TPSA) is 90.1 Å². The summed E-state index contributed by atoms with van der Waals surface area (Å²) in [6.07, 6.45) is 3.34. The van der Waals surface area contributed by atoms with Gasteiger partial charge in [0.15, 0.2) is 5.16 Å². The summed E-state index contributed by atoms with van der Waals surface area (Å²) in [7, 11) is 1.62. The Morgan fingerprint density at radius 3 is 3.08 bits per heavy atom. The number of nitrogen functional groups attached to an aromatic ring is 1. The third-order valence-electron chi connectivity index (χ3n) is 4.32. The van der Waals surface area contributed by atoms with Crippen LogP contribution in [0.25, 0.3) is 10.2 Å². The first-order chi connectivity index (χ1) is 12.0. The molecule has 1 aliphatic carbocycles. The molecule has 0 fully saturated rings. The lowest BCUT2D eigenvalue weighted by atomic mass is 9.89. The predicted octanol–water partition coefficient (Wildman–Crippen LogP) is 2.64. The number of fused-ring (bicyclic) bond motifs is 3. The van der Waals surface area contributed by atoms with E-state index in [1.807, 2.05) is 6.92 Å². The van der Waals surface area contributed by atoms with Crippen LogP contribution in [0.4, 0.5) is 5.82 Å². The van der Waals surface area contributed by atoms with Crippen molar-refractivity contribution < 1.29 is 9.53 Å². The second-order valence-corrected chi connectivity index (χ2v) is 8.66. The number of carbonyl (C=O) groups excluding carboxylic acids is 1. The molecule has 0 spiro atoms. The first-order valence-electron chi connectivity index (χ1n) is 8.46. The number of nitrogens with zero attached hydrogens (tertiary/aromatic N) is 2. The number of thiophene rings is 1. The molecule has 3 rings (SSSR count). The summed E-state index contributed by atoms with van der Waals surface area (Å²) in [4.78, 5) is 23.4. The molecule has 0 aromatic carbocycles. The second kappa shape index (κ2) is 7.88. The smallest absolute Gasteiger partial charge is 0.230 e. The summed E-state index contributed by atoms with van der Waals surface area (Å²) in [5, 5.41) is 4.46. The molecule has 25 heavy (non-hydrogen) atoms. The summed E-state index contributed by atoms with van der Waals surface area (Å²) in [6, 6.07) is -0.0161. The predicted molar refractivity (Wildman–Crippen MR) is 103 cm³/mol. The zero-order chi connectivity index (χ0) is 18.0. The highest BCUT2D eigenvalue weighted by Gasteiger charge is 2.23. The highest BCUT2D eigenvalue weighted by atomic mass is 32.2. The molecule has 2 atom stereocenters. The van der Waals surface area contributed by atoms with E-state index in [0.29, 0.717) is 23.5 Å². The number of anilines is 1. The maximum absolute atomic E-state index is 12.0. The summed E-state index contributed by atoms with van der Waals surface area (Å²) in [6.45, 7) is 4.68. The van der Waals surface area contributed by atoms with Crippen LogP contribution in [0.15, 0.2) is 5.16 Å². The highest BCUT2D eigenvalue weighted by molar-refractivity contribution is 7.99. The van der Waals surface area contributed by atoms with Crippen molar-refractivity contribution in [3.8, 4) is 0 Å². The molecule has 136 valence electrons. The van der Waals surface area contributed by atoms with E-state index in [9.17, 15) is 4.79 Å². The van der Waals surface area contributed by atoms with Gasteiger partial charge in [-0.25, -0.2) is 9.97 Å². The maximum atomic E-state index is 12.0. The van der Waals surface area contributed by atoms with E-state index in [-0.39, 0.29) is 17.7 Å². The van der Waals surface area contributed by atoms with E-state index < -0.39 is 0 Å². The van der Waals surface area contributed by atoms with Gasteiger partial charge in [-0.1, -0.05) is 18.7 Å². The van der Waals surface area contributed by atoms with Gasteiger partial charge in [0.2, 0.25) is 5.91 Å². The van der Waals surface area contributed by atoms with E-state index in [4.69, 9.17) is 10.5 Å². The van der Waals surface area contributed by atoms with Gasteiger partial charge in [0.25, 0.3) is 0 Å². The Balaban J connectivity index is 1.72. The molecular formula is C17H24N4O2S2. The fourth-order valence-corrected chi connectivity index (χ4v) is 5.26. The number of carbonyl (C=O) groups is 1. The van der Waals surface area contributed by atoms with Gasteiger partial charge in [0.1, 0.15) is 10.6 Å². The number of hydrogen-bond acceptors (Lipinski definition) is 7. The molecule has 0 saturated heterocycles. The van der Waals surface area contributed by atoms with Crippen molar-refractivity contribution >= 4 is 45.0 Å². The fourth-order valence-electron chi connectivity index (χ4n) is 3.15. The summed E-state index contributed by atoms with van der Waals surface area (Å²) in [5.41, 5.74) is 7.54. The number of nitrogens with two attached hydrogens (primary N) is 1. The lowest BCUT2D eigenvalue weighted by Crippen LogP contribution is -2.36. The Labute approximate surface area is 155 Å². The Kier molecular flexibility index (Phi) is 5.81. The third kappa shape index (κ3) is 4.24. The number of rotatable bonds is 6. The Morgan fingerprint density at radius 1 is 1.52 bits per heavy atom. The standard InChI is InChI=1S/C17H24N4O2S2/c1-9-4-5-11-12(6-9)25-16-14(11)15(18)20-17(21-16)24-8-13(22)19-10(2)7-23-3/h9-10H,4-8H2,1-3H3,(H,19,22)(H2,18,20,21)/t9-,10-/m0/s1. The van der Waals surface area contributed by atoms with Gasteiger partial charge >= 0.3 is 0 Å². The Morgan fingerprint density at radius 2 is 2.32 bits per heavy atom. The summed E-state index contributed by atoms with van der Waals surface area (Å²) < 4.78 is 5.02. The maximum Gasteiger partial charge on any atom is 0.230 e. The third-order valence-corrected chi connectivity index (χ3v) is 6.31. The molecule has 0 bridgehead atoms. The van der Waals surface area contributed by atoms with Crippen LogP contribution in [0.1, 0.15) is 30.7 Å². The average molecular weight is 381 g/mol. The molecule has 1 amide bonds. The van der Waals surface area contributed by atoms with Crippen LogP contribution in [0, 0.1) is 5.92 Å². The molecule has 2 heterocycles. The number of amides is 1. The number of aryl methyl sites for hydroxylation is 1. The summed E-state index contributed by atoms with van der Waals surface area (Å²) in [5.74, 6) is 1.45. The van der Waals surface area contributed by atoms with Crippen LogP contribution in [0.5, 0.6) is 0 Å². The van der Waals surface area contributed by atoms with Gasteiger partial charge in [-0.3, -0.25) is 4.79 Å². The number of thioether (sulfide) groups is 1. The van der Waals surface area contributed by atoms with Crippen LogP contribution in [0.3, 0.4) is 0 Å². The molecule has 8 heteroatoms. The number of hydrogen-bond donors (Lipinski definition) is 2. The minimum Gasteiger partial charge on any atom is -0.383 e. The van der Waals surface area contributed by atoms with Crippen molar-refractivity contribution in [2.45, 2.75) is 44.3 Å². The zero-order valence-corrected chi connectivity index (χ0v) is 16.4. The van der Waals surface area contributed by atoms with Gasteiger partial charge in [-0.2, -0.15) is 0 Å². The van der Waals surface area contributed by atoms with Crippen LogP contribution >= 0.6 is 23.1 Å². The summed E-state index contributed by atoms with van der Waals surface area (Å²) >= 11 is 3.04. The van der Waals surface area contributed by atoms with Crippen molar-refractivity contribution in [3.05, 3.63) is 10.4 Å². The fraction of sp³-hybridized carbons (Fsp3) is 0.588. The molecule has 0 saturated carbocycles. The quantitative estimate of drug-likeness (QED) is 0.591. The first-order valence-corrected chi connectivity index (χ1v) is 10.3. The van der Waals surface area contributed by atoms with Crippen molar-refractivity contribution in [1.29, 1.82) is 0 Å². The Hall–Kier alpha value is -1.38. The van der Waals surface area contributed by atoms with Crippen LogP contribution in [0.2, 0.25) is 0 Å². The second-order valence-electron chi connectivity index (χ2n) is 6.64. The molecule has 6 nitrogen and oxygen atoms in total. The van der Waals surface area contributed by atoms with Gasteiger partial charge < -0.3 is 15.8 Å². The number of ether oxygens (including phenoxy) is 1. The number of nitrogens with one attached hydrogen (secondary N) is 1. The van der Waals surface area contributed by atoms with Crippen molar-refractivity contribution in [2.75, 3.05) is 25.2 Å². The molecule has 1 aliphatic rings. The van der Waals surface area contributed by atoms with Gasteiger partial charge in [-0.15, -0.1) is 11.3 Å². The lowest BCUT2D eigenvalue weighted by Gasteiger charge is -2.17. The van der Waals surface area contributed by atoms with E-state index >= 15 is 0 Å². The molecule has 0 radical (unpaired) electrons. The van der Waals surface area contributed by atoms with E-state index in [1.54, 1.807) is 18.4 Å². The van der Waals surface area contributed by atoms with Crippen LogP contribution < -0.4 is 11.1 Å². The monoisotopic (exact) mass is 380 g/mol. The van der Waals surface area contributed by atoms with Gasteiger partial charge in [0, 0.05) is 18.0 Å². The minimum atomic E-state index is -0.0592. The van der Waals surface area contributed by atoms with Crippen molar-refractivity contribution in [1.82, 2.24) is 15.3 Å². The van der Waals surface area contributed by atoms with Crippen LogP contribution in [-0.4, -0.2) is 41.4 Å². The molecule has 0 aliphatic heterocycles. The lowest BCUT2D eigenvalue weighted by molar-refractivity contribution is -0.119. The van der Waals surface area contributed by atoms with Gasteiger partial charge in [-0.05, 0) is 37.7 Å². The molecule has 2 aromatic heterocycles. The van der Waals surface area contributed by atoms with Crippen LogP contribution in [-0.2, 0) is 22.4 Å². The number of aromatic nitrogens is 2. The molecular weight excluding hydrogens is 356 g/mol. The normalized spacial score (nSPS) is 18.1. The van der Waals surface area contributed by atoms with Crippen molar-refractivity contribution in [2.24, 2.45) is 5.92 Å². The highest BCUT2D eigenvalue weighted by Crippen LogP contribution is 2.39. The van der Waals surface area contributed by atoms with Crippen molar-refractivity contribution in [3.63, 3.8) is 0 Å². The van der Waals surface area contributed by atoms with Gasteiger partial charge in [0.05, 0.1) is 17.7 Å². The number of methoxy groups -OCH3 is 1. The SMILES string of the molecule is COC[C@H](C)NC(=O)CSc1nc(N)c2c3c(sc2n1)C[C@@H](C)CC3. The molecule has 0 unspecified atom stereocenters. The largest absolute Gasteiger partial charge is 0.383 e. The first kappa shape index (κ1) is 18.4. The zero-order valence-electron chi connectivity index (χ0n) is 14.8. The average Bonchev–Trinajstić information content (AvgIpc) is 2.90. The molecule has 2 aromatic rings. The van der Waals surface area contributed by atoms with E-state index in [2.05, 4.69) is 22.2 Å². The Bertz CT molecular complexity index is 778.